The van der Waals surface area contributed by atoms with Gasteiger partial charge in [-0.1, -0.05) is 24.3 Å². The van der Waals surface area contributed by atoms with Crippen LogP contribution in [0.15, 0.2) is 48.5 Å². The smallest absolute Gasteiger partial charge is 0.314 e. The number of carbonyl (C=O) groups excluding carboxylic acids is 2. The first-order valence-corrected chi connectivity index (χ1v) is 11.1. The number of esters is 1. The summed E-state index contributed by atoms with van der Waals surface area (Å²) >= 11 is 0. The van der Waals surface area contributed by atoms with E-state index in [4.69, 9.17) is 4.74 Å². The number of amides is 1. The lowest BCUT2D eigenvalue weighted by molar-refractivity contribution is -0.160. The van der Waals surface area contributed by atoms with E-state index in [1.807, 2.05) is 24.3 Å². The van der Waals surface area contributed by atoms with Gasteiger partial charge in [-0.05, 0) is 56.0 Å². The number of nitrogens with zero attached hydrogens (tertiary/aromatic N) is 2. The Labute approximate surface area is 186 Å². The number of benzene rings is 2. The number of piperidine rings is 1. The maximum absolute atomic E-state index is 13.3. The molecule has 1 aliphatic heterocycles. The lowest BCUT2D eigenvalue weighted by atomic mass is 9.75. The number of fused-ring (bicyclic) bond motifs is 1. The molecule has 1 atom stereocenters. The summed E-state index contributed by atoms with van der Waals surface area (Å²) in [5.74, 6) is 0.168. The molecule has 2 aromatic carbocycles. The van der Waals surface area contributed by atoms with Gasteiger partial charge < -0.3 is 14.6 Å². The Balaban J connectivity index is 1.46. The number of nitrogens with one attached hydrogen (secondary N) is 1. The fourth-order valence-electron chi connectivity index (χ4n) is 4.51. The van der Waals surface area contributed by atoms with Crippen molar-refractivity contribution in [3.8, 4) is 0 Å². The third-order valence-electron chi connectivity index (χ3n) is 6.11. The van der Waals surface area contributed by atoms with Crippen molar-refractivity contribution in [1.82, 2.24) is 14.9 Å². The highest BCUT2D eigenvalue weighted by Gasteiger charge is 2.44. The third kappa shape index (κ3) is 4.82. The fraction of sp³-hybridized carbons (Fsp3) is 0.400. The van der Waals surface area contributed by atoms with E-state index in [0.717, 1.165) is 28.8 Å². The second kappa shape index (κ2) is 9.51. The van der Waals surface area contributed by atoms with Gasteiger partial charge in [0.15, 0.2) is 0 Å². The summed E-state index contributed by atoms with van der Waals surface area (Å²) < 4.78 is 18.8. The number of halogens is 1. The molecule has 0 saturated carbocycles. The third-order valence-corrected chi connectivity index (χ3v) is 6.11. The number of hydrogen-bond acceptors (Lipinski definition) is 4. The van der Waals surface area contributed by atoms with Gasteiger partial charge >= 0.3 is 5.97 Å². The molecule has 168 valence electrons. The van der Waals surface area contributed by atoms with Gasteiger partial charge in [0.2, 0.25) is 5.91 Å². The van der Waals surface area contributed by atoms with Crippen molar-refractivity contribution in [2.24, 2.45) is 5.41 Å². The van der Waals surface area contributed by atoms with Gasteiger partial charge in [-0.2, -0.15) is 0 Å². The van der Waals surface area contributed by atoms with E-state index in [1.54, 1.807) is 24.0 Å². The Bertz CT molecular complexity index is 1060. The Morgan fingerprint density at radius 1 is 1.19 bits per heavy atom. The minimum atomic E-state index is -0.818. The molecule has 1 aliphatic rings. The summed E-state index contributed by atoms with van der Waals surface area (Å²) in [5, 5.41) is 0. The summed E-state index contributed by atoms with van der Waals surface area (Å²) in [6.07, 6.45) is 2.59. The number of aromatic amines is 1. The van der Waals surface area contributed by atoms with Crippen LogP contribution in [0.3, 0.4) is 0 Å². The van der Waals surface area contributed by atoms with Crippen LogP contribution in [0.25, 0.3) is 11.0 Å². The first kappa shape index (κ1) is 22.0. The van der Waals surface area contributed by atoms with E-state index >= 15 is 0 Å². The van der Waals surface area contributed by atoms with Gasteiger partial charge in [-0.3, -0.25) is 9.59 Å². The van der Waals surface area contributed by atoms with E-state index in [-0.39, 0.29) is 24.3 Å². The van der Waals surface area contributed by atoms with Crippen LogP contribution in [0.1, 0.15) is 37.6 Å². The van der Waals surface area contributed by atoms with Crippen LogP contribution in [-0.4, -0.2) is 46.4 Å². The van der Waals surface area contributed by atoms with Crippen molar-refractivity contribution in [3.63, 3.8) is 0 Å². The Kier molecular flexibility index (Phi) is 6.53. The first-order valence-electron chi connectivity index (χ1n) is 11.1. The molecule has 32 heavy (non-hydrogen) atoms. The molecular formula is C25H28FN3O3. The van der Waals surface area contributed by atoms with Gasteiger partial charge in [0.1, 0.15) is 11.6 Å². The molecule has 0 unspecified atom stereocenters. The number of carbonyl (C=O) groups is 2. The number of rotatable bonds is 7. The van der Waals surface area contributed by atoms with Crippen LogP contribution in [0.5, 0.6) is 0 Å². The highest BCUT2D eigenvalue weighted by molar-refractivity contribution is 5.81. The van der Waals surface area contributed by atoms with Crippen molar-refractivity contribution >= 4 is 22.9 Å². The lowest BCUT2D eigenvalue weighted by Gasteiger charge is -2.41. The summed E-state index contributed by atoms with van der Waals surface area (Å²) in [6, 6.07) is 13.9. The van der Waals surface area contributed by atoms with Crippen molar-refractivity contribution < 1.29 is 18.7 Å². The minimum Gasteiger partial charge on any atom is -0.466 e. The number of aromatic nitrogens is 2. The monoisotopic (exact) mass is 437 g/mol. The largest absolute Gasteiger partial charge is 0.466 e. The van der Waals surface area contributed by atoms with Gasteiger partial charge in [0.25, 0.3) is 0 Å². The number of imidazole rings is 1. The second-order valence-corrected chi connectivity index (χ2v) is 8.42. The molecule has 1 amide bonds. The highest BCUT2D eigenvalue weighted by atomic mass is 19.1. The molecule has 1 saturated heterocycles. The predicted octanol–water partition coefficient (Wildman–Crippen LogP) is 4.05. The molecule has 0 radical (unpaired) electrons. The summed E-state index contributed by atoms with van der Waals surface area (Å²) in [5.41, 5.74) is 1.87. The topological polar surface area (TPSA) is 75.3 Å². The quantitative estimate of drug-likeness (QED) is 0.566. The van der Waals surface area contributed by atoms with Gasteiger partial charge in [-0.15, -0.1) is 0 Å². The van der Waals surface area contributed by atoms with E-state index in [1.165, 1.54) is 12.1 Å². The summed E-state index contributed by atoms with van der Waals surface area (Å²) in [4.78, 5) is 35.6. The standard InChI is InChI=1S/C25H28FN3O3/c1-2-32-24(31)25(16-18-8-10-19(26)11-9-18)14-5-15-29(17-25)23(30)13-12-22-27-20-6-3-4-7-21(20)28-22/h3-4,6-11H,2,5,12-17H2,1H3,(H,27,28)/t25-/m1/s1. The van der Waals surface area contributed by atoms with Crippen LogP contribution in [0.4, 0.5) is 4.39 Å². The maximum atomic E-state index is 13.3. The minimum absolute atomic E-state index is 0.00191. The normalized spacial score (nSPS) is 18.6. The zero-order valence-corrected chi connectivity index (χ0v) is 18.3. The SMILES string of the molecule is CCOC(=O)[C@@]1(Cc2ccc(F)cc2)CCCN(C(=O)CCc2nc3ccccc3[nH]2)C1. The zero-order chi connectivity index (χ0) is 22.6. The van der Waals surface area contributed by atoms with Crippen LogP contribution in [-0.2, 0) is 27.2 Å². The molecule has 3 aromatic rings. The first-order chi connectivity index (χ1) is 15.5. The molecular weight excluding hydrogens is 409 g/mol. The summed E-state index contributed by atoms with van der Waals surface area (Å²) in [6.45, 7) is 2.98. The van der Waals surface area contributed by atoms with Gasteiger partial charge in [-0.25, -0.2) is 9.37 Å². The molecule has 0 bridgehead atoms. The number of hydrogen-bond donors (Lipinski definition) is 1. The number of para-hydroxylation sites is 2. The molecule has 1 N–H and O–H groups in total. The number of aryl methyl sites for hydroxylation is 1. The summed E-state index contributed by atoms with van der Waals surface area (Å²) in [7, 11) is 0. The zero-order valence-electron chi connectivity index (χ0n) is 18.3. The number of ether oxygens (including phenoxy) is 1. The van der Waals surface area contributed by atoms with E-state index in [2.05, 4.69) is 9.97 Å². The molecule has 0 spiro atoms. The molecule has 1 aromatic heterocycles. The van der Waals surface area contributed by atoms with Crippen molar-refractivity contribution in [3.05, 3.63) is 65.7 Å². The lowest BCUT2D eigenvalue weighted by Crippen LogP contribution is -2.51. The van der Waals surface area contributed by atoms with Crippen molar-refractivity contribution in [2.45, 2.75) is 39.0 Å². The molecule has 7 heteroatoms. The van der Waals surface area contributed by atoms with Gasteiger partial charge in [0, 0.05) is 25.9 Å². The van der Waals surface area contributed by atoms with Crippen LogP contribution >= 0.6 is 0 Å². The van der Waals surface area contributed by atoms with Gasteiger partial charge in [0.05, 0.1) is 23.1 Å². The van der Waals surface area contributed by atoms with Crippen LogP contribution in [0.2, 0.25) is 0 Å². The predicted molar refractivity (Wildman–Crippen MR) is 119 cm³/mol. The number of H-pyrrole nitrogens is 1. The molecule has 6 nitrogen and oxygen atoms in total. The average Bonchev–Trinajstić information content (AvgIpc) is 3.22. The highest BCUT2D eigenvalue weighted by Crippen LogP contribution is 2.36. The second-order valence-electron chi connectivity index (χ2n) is 8.42. The Hall–Kier alpha value is -3.22. The fourth-order valence-corrected chi connectivity index (χ4v) is 4.51. The molecule has 4 rings (SSSR count). The van der Waals surface area contributed by atoms with E-state index in [0.29, 0.717) is 38.8 Å². The van der Waals surface area contributed by atoms with Crippen LogP contribution < -0.4 is 0 Å². The maximum Gasteiger partial charge on any atom is 0.314 e. The average molecular weight is 438 g/mol. The van der Waals surface area contributed by atoms with E-state index in [9.17, 15) is 14.0 Å². The van der Waals surface area contributed by atoms with Crippen LogP contribution in [0, 0.1) is 11.2 Å². The van der Waals surface area contributed by atoms with Crippen molar-refractivity contribution in [2.75, 3.05) is 19.7 Å². The molecule has 0 aliphatic carbocycles. The molecule has 1 fully saturated rings. The Morgan fingerprint density at radius 2 is 1.97 bits per heavy atom. The Morgan fingerprint density at radius 3 is 2.72 bits per heavy atom. The number of likely N-dealkylation sites (tertiary alicyclic amines) is 1. The molecule has 2 heterocycles. The van der Waals surface area contributed by atoms with E-state index < -0.39 is 5.41 Å². The van der Waals surface area contributed by atoms with Crippen molar-refractivity contribution in [1.29, 1.82) is 0 Å².